The summed E-state index contributed by atoms with van der Waals surface area (Å²) < 4.78 is 11.5. The van der Waals surface area contributed by atoms with E-state index < -0.39 is 11.8 Å². The first-order valence-corrected chi connectivity index (χ1v) is 10.2. The molecule has 2 aromatic carbocycles. The van der Waals surface area contributed by atoms with Crippen LogP contribution in [0.15, 0.2) is 52.5 Å². The van der Waals surface area contributed by atoms with E-state index in [4.69, 9.17) is 21.7 Å². The smallest absolute Gasteiger partial charge is 0.265 e. The lowest BCUT2D eigenvalue weighted by atomic mass is 10.1. The molecule has 2 aromatic rings. The second kappa shape index (κ2) is 9.71. The Morgan fingerprint density at radius 2 is 1.94 bits per heavy atom. The van der Waals surface area contributed by atoms with Crippen molar-refractivity contribution in [3.63, 3.8) is 0 Å². The zero-order chi connectivity index (χ0) is 22.5. The molecule has 1 fully saturated rings. The number of ether oxygens (including phenoxy) is 2. The molecule has 0 spiro atoms. The number of benzene rings is 2. The number of rotatable bonds is 6. The Kier molecular flexibility index (Phi) is 7.03. The van der Waals surface area contributed by atoms with Crippen LogP contribution in [0.5, 0.6) is 11.5 Å². The standard InChI is InChI=1S/C21H18BrN3O5S/c1-25-20(28)14(19(27)24-21(25)31)8-12-9-16(29-2)17(10-15(12)22)30-11-18(26)23-13-6-4-3-5-7-13/h3-10H,11H2,1-2H3,(H,23,26)(H,24,27,31)/b14-8+. The first-order valence-electron chi connectivity index (χ1n) is 9.00. The number of hydrogen-bond acceptors (Lipinski definition) is 6. The predicted molar refractivity (Wildman–Crippen MR) is 123 cm³/mol. The lowest BCUT2D eigenvalue weighted by Gasteiger charge is -2.25. The lowest BCUT2D eigenvalue weighted by molar-refractivity contribution is -0.128. The van der Waals surface area contributed by atoms with E-state index in [2.05, 4.69) is 26.6 Å². The van der Waals surface area contributed by atoms with Gasteiger partial charge in [0.25, 0.3) is 17.7 Å². The normalized spacial score (nSPS) is 15.0. The van der Waals surface area contributed by atoms with Crippen molar-refractivity contribution in [1.82, 2.24) is 10.2 Å². The second-order valence-corrected chi connectivity index (χ2v) is 7.65. The summed E-state index contributed by atoms with van der Waals surface area (Å²) in [6.45, 7) is -0.235. The molecule has 1 heterocycles. The molecule has 0 atom stereocenters. The number of para-hydroxylation sites is 1. The summed E-state index contributed by atoms with van der Waals surface area (Å²) in [5.74, 6) is -0.791. The third kappa shape index (κ3) is 5.28. The summed E-state index contributed by atoms with van der Waals surface area (Å²) in [5.41, 5.74) is 1.10. The molecule has 0 saturated carbocycles. The van der Waals surface area contributed by atoms with Gasteiger partial charge >= 0.3 is 0 Å². The van der Waals surface area contributed by atoms with E-state index >= 15 is 0 Å². The minimum absolute atomic E-state index is 0.0429. The third-order valence-electron chi connectivity index (χ3n) is 4.30. The number of carbonyl (C=O) groups is 3. The summed E-state index contributed by atoms with van der Waals surface area (Å²) >= 11 is 8.34. The van der Waals surface area contributed by atoms with Gasteiger partial charge in [-0.1, -0.05) is 34.1 Å². The number of carbonyl (C=O) groups excluding carboxylic acids is 3. The highest BCUT2D eigenvalue weighted by atomic mass is 79.9. The second-order valence-electron chi connectivity index (χ2n) is 6.41. The molecule has 2 N–H and O–H groups in total. The van der Waals surface area contributed by atoms with Gasteiger partial charge in [-0.2, -0.15) is 0 Å². The van der Waals surface area contributed by atoms with Gasteiger partial charge in [-0.05, 0) is 48.1 Å². The molecule has 3 rings (SSSR count). The molecule has 0 unspecified atom stereocenters. The maximum atomic E-state index is 12.4. The summed E-state index contributed by atoms with van der Waals surface area (Å²) in [7, 11) is 2.92. The monoisotopic (exact) mass is 503 g/mol. The van der Waals surface area contributed by atoms with Gasteiger partial charge in [0.05, 0.1) is 7.11 Å². The maximum absolute atomic E-state index is 12.4. The zero-order valence-electron chi connectivity index (χ0n) is 16.6. The van der Waals surface area contributed by atoms with Crippen LogP contribution in [0.4, 0.5) is 5.69 Å². The quantitative estimate of drug-likeness (QED) is 0.357. The molecule has 3 amide bonds. The predicted octanol–water partition coefficient (Wildman–Crippen LogP) is 2.73. The van der Waals surface area contributed by atoms with Crippen molar-refractivity contribution in [2.45, 2.75) is 0 Å². The highest BCUT2D eigenvalue weighted by molar-refractivity contribution is 9.10. The topological polar surface area (TPSA) is 97.0 Å². The van der Waals surface area contributed by atoms with Crippen LogP contribution in [-0.4, -0.2) is 48.5 Å². The molecule has 160 valence electrons. The SMILES string of the molecule is COc1cc(/C=C2\C(=O)NC(=S)N(C)C2=O)c(Br)cc1OCC(=O)Nc1ccccc1. The largest absolute Gasteiger partial charge is 0.493 e. The number of anilines is 1. The van der Waals surface area contributed by atoms with Crippen molar-refractivity contribution in [2.75, 3.05) is 26.1 Å². The fraction of sp³-hybridized carbons (Fsp3) is 0.143. The van der Waals surface area contributed by atoms with Crippen molar-refractivity contribution in [1.29, 1.82) is 0 Å². The van der Waals surface area contributed by atoms with Crippen LogP contribution < -0.4 is 20.1 Å². The number of nitrogens with zero attached hydrogens (tertiary/aromatic N) is 1. The summed E-state index contributed by atoms with van der Waals surface area (Å²) in [6.07, 6.45) is 1.43. The molecule has 0 aromatic heterocycles. The first kappa shape index (κ1) is 22.4. The van der Waals surface area contributed by atoms with Crippen LogP contribution in [-0.2, 0) is 14.4 Å². The Labute approximate surface area is 192 Å². The van der Waals surface area contributed by atoms with Crippen LogP contribution in [0.25, 0.3) is 6.08 Å². The molecular weight excluding hydrogens is 486 g/mol. The van der Waals surface area contributed by atoms with Gasteiger partial charge in [0.2, 0.25) is 0 Å². The molecule has 1 aliphatic heterocycles. The van der Waals surface area contributed by atoms with Crippen LogP contribution in [0.2, 0.25) is 0 Å². The van der Waals surface area contributed by atoms with Gasteiger partial charge < -0.3 is 14.8 Å². The molecule has 0 radical (unpaired) electrons. The number of nitrogens with one attached hydrogen (secondary N) is 2. The molecule has 0 bridgehead atoms. The Morgan fingerprint density at radius 1 is 1.23 bits per heavy atom. The van der Waals surface area contributed by atoms with Gasteiger partial charge in [-0.3, -0.25) is 24.6 Å². The average Bonchev–Trinajstić information content (AvgIpc) is 2.75. The van der Waals surface area contributed by atoms with E-state index in [0.29, 0.717) is 27.2 Å². The van der Waals surface area contributed by atoms with Crippen molar-refractivity contribution >= 4 is 62.7 Å². The summed E-state index contributed by atoms with van der Waals surface area (Å²) in [5, 5.41) is 5.22. The van der Waals surface area contributed by atoms with E-state index in [1.165, 1.54) is 25.1 Å². The summed E-state index contributed by atoms with van der Waals surface area (Å²) in [4.78, 5) is 37.9. The van der Waals surface area contributed by atoms with Crippen molar-refractivity contribution < 1.29 is 23.9 Å². The molecule has 1 saturated heterocycles. The number of amides is 3. The van der Waals surface area contributed by atoms with Gasteiger partial charge in [-0.25, -0.2) is 0 Å². The van der Waals surface area contributed by atoms with E-state index in [-0.39, 0.29) is 23.2 Å². The molecule has 8 nitrogen and oxygen atoms in total. The van der Waals surface area contributed by atoms with Crippen LogP contribution in [0, 0.1) is 0 Å². The van der Waals surface area contributed by atoms with Crippen molar-refractivity contribution in [3.05, 3.63) is 58.1 Å². The molecule has 10 heteroatoms. The van der Waals surface area contributed by atoms with Crippen LogP contribution in [0.3, 0.4) is 0 Å². The Balaban J connectivity index is 1.78. The minimum Gasteiger partial charge on any atom is -0.493 e. The fourth-order valence-electron chi connectivity index (χ4n) is 2.70. The average molecular weight is 504 g/mol. The molecule has 31 heavy (non-hydrogen) atoms. The van der Waals surface area contributed by atoms with Gasteiger partial charge in [-0.15, -0.1) is 0 Å². The highest BCUT2D eigenvalue weighted by Gasteiger charge is 2.31. The van der Waals surface area contributed by atoms with E-state index in [1.807, 2.05) is 18.2 Å². The van der Waals surface area contributed by atoms with Gasteiger partial charge in [0.15, 0.2) is 23.2 Å². The number of thiocarbonyl (C=S) groups is 1. The maximum Gasteiger partial charge on any atom is 0.265 e. The number of hydrogen-bond donors (Lipinski definition) is 2. The van der Waals surface area contributed by atoms with Crippen LogP contribution in [0.1, 0.15) is 5.56 Å². The Morgan fingerprint density at radius 3 is 2.61 bits per heavy atom. The van der Waals surface area contributed by atoms with E-state index in [9.17, 15) is 14.4 Å². The Bertz CT molecular complexity index is 1090. The summed E-state index contributed by atoms with van der Waals surface area (Å²) in [6, 6.07) is 12.2. The third-order valence-corrected chi connectivity index (χ3v) is 5.37. The van der Waals surface area contributed by atoms with E-state index in [0.717, 1.165) is 0 Å². The lowest BCUT2D eigenvalue weighted by Crippen LogP contribution is -2.52. The molecule has 0 aliphatic carbocycles. The highest BCUT2D eigenvalue weighted by Crippen LogP contribution is 2.35. The van der Waals surface area contributed by atoms with Gasteiger partial charge in [0, 0.05) is 17.2 Å². The number of methoxy groups -OCH3 is 1. The van der Waals surface area contributed by atoms with Crippen molar-refractivity contribution in [2.24, 2.45) is 0 Å². The van der Waals surface area contributed by atoms with Gasteiger partial charge in [0.1, 0.15) is 5.57 Å². The Hall–Kier alpha value is -3.24. The minimum atomic E-state index is -0.586. The van der Waals surface area contributed by atoms with Crippen molar-refractivity contribution in [3.8, 4) is 11.5 Å². The fourth-order valence-corrected chi connectivity index (χ4v) is 3.31. The molecule has 1 aliphatic rings. The van der Waals surface area contributed by atoms with Crippen LogP contribution >= 0.6 is 28.1 Å². The first-order chi connectivity index (χ1) is 14.8. The molecular formula is C21H18BrN3O5S. The zero-order valence-corrected chi connectivity index (χ0v) is 19.0. The number of halogens is 1. The van der Waals surface area contributed by atoms with E-state index in [1.54, 1.807) is 24.3 Å². The number of likely N-dealkylation sites (N-methyl/N-ethyl adjacent to an activating group) is 1.